The Labute approximate surface area is 102 Å². The van der Waals surface area contributed by atoms with Crippen molar-refractivity contribution in [3.63, 3.8) is 0 Å². The van der Waals surface area contributed by atoms with Crippen LogP contribution < -0.4 is 10.6 Å². The summed E-state index contributed by atoms with van der Waals surface area (Å²) in [6.45, 7) is 4.28. The summed E-state index contributed by atoms with van der Waals surface area (Å²) in [6, 6.07) is 4.07. The smallest absolute Gasteiger partial charge is 0.223 e. The molecule has 4 heteroatoms. The van der Waals surface area contributed by atoms with Crippen molar-refractivity contribution in [2.45, 2.75) is 26.3 Å². The molecule has 1 saturated carbocycles. The standard InChI is InChI=1S/C13H19N3O/c1-10-2-3-11(9-16-10)8-14-6-7-15-13(17)12-4-5-12/h2-3,9,12,14H,4-8H2,1H3,(H,15,17). The van der Waals surface area contributed by atoms with Crippen LogP contribution in [0, 0.1) is 12.8 Å². The first-order chi connectivity index (χ1) is 8.25. The Kier molecular flexibility index (Phi) is 4.09. The van der Waals surface area contributed by atoms with E-state index in [1.807, 2.05) is 19.2 Å². The third kappa shape index (κ3) is 4.15. The summed E-state index contributed by atoms with van der Waals surface area (Å²) in [4.78, 5) is 15.6. The highest BCUT2D eigenvalue weighted by Crippen LogP contribution is 2.28. The van der Waals surface area contributed by atoms with Crippen LogP contribution in [-0.2, 0) is 11.3 Å². The van der Waals surface area contributed by atoms with Crippen LogP contribution in [0.5, 0.6) is 0 Å². The Morgan fingerprint density at radius 3 is 2.88 bits per heavy atom. The quantitative estimate of drug-likeness (QED) is 0.721. The lowest BCUT2D eigenvalue weighted by Crippen LogP contribution is -2.32. The molecule has 0 unspecified atom stereocenters. The summed E-state index contributed by atoms with van der Waals surface area (Å²) in [5, 5.41) is 6.20. The molecule has 1 heterocycles. The van der Waals surface area contributed by atoms with E-state index in [2.05, 4.69) is 21.7 Å². The monoisotopic (exact) mass is 233 g/mol. The fraction of sp³-hybridized carbons (Fsp3) is 0.538. The number of carbonyl (C=O) groups is 1. The number of hydrogen-bond donors (Lipinski definition) is 2. The number of pyridine rings is 1. The maximum atomic E-state index is 11.3. The Bertz CT molecular complexity index is 371. The Hall–Kier alpha value is -1.42. The van der Waals surface area contributed by atoms with Crippen molar-refractivity contribution in [1.82, 2.24) is 15.6 Å². The largest absolute Gasteiger partial charge is 0.355 e. The fourth-order valence-electron chi connectivity index (χ4n) is 1.60. The van der Waals surface area contributed by atoms with Crippen molar-refractivity contribution in [2.24, 2.45) is 5.92 Å². The number of aryl methyl sites for hydroxylation is 1. The minimum absolute atomic E-state index is 0.212. The van der Waals surface area contributed by atoms with Gasteiger partial charge in [0.25, 0.3) is 0 Å². The number of aromatic nitrogens is 1. The van der Waals surface area contributed by atoms with Crippen LogP contribution in [0.4, 0.5) is 0 Å². The van der Waals surface area contributed by atoms with Gasteiger partial charge in [-0.05, 0) is 31.4 Å². The first-order valence-electron chi connectivity index (χ1n) is 6.15. The fourth-order valence-corrected chi connectivity index (χ4v) is 1.60. The van der Waals surface area contributed by atoms with E-state index in [-0.39, 0.29) is 5.91 Å². The molecule has 0 aliphatic heterocycles. The zero-order valence-corrected chi connectivity index (χ0v) is 10.2. The van der Waals surface area contributed by atoms with Gasteiger partial charge in [0.15, 0.2) is 0 Å². The summed E-state index contributed by atoms with van der Waals surface area (Å²) in [7, 11) is 0. The number of rotatable bonds is 6. The van der Waals surface area contributed by atoms with Crippen molar-refractivity contribution in [3.8, 4) is 0 Å². The van der Waals surface area contributed by atoms with Gasteiger partial charge in [0.2, 0.25) is 5.91 Å². The molecular weight excluding hydrogens is 214 g/mol. The summed E-state index contributed by atoms with van der Waals surface area (Å²) >= 11 is 0. The molecule has 1 aromatic rings. The van der Waals surface area contributed by atoms with Gasteiger partial charge < -0.3 is 10.6 Å². The average molecular weight is 233 g/mol. The number of carbonyl (C=O) groups excluding carboxylic acids is 1. The van der Waals surface area contributed by atoms with Gasteiger partial charge in [-0.2, -0.15) is 0 Å². The van der Waals surface area contributed by atoms with E-state index in [1.165, 1.54) is 5.56 Å². The van der Waals surface area contributed by atoms with Crippen LogP contribution in [0.1, 0.15) is 24.1 Å². The lowest BCUT2D eigenvalue weighted by Gasteiger charge is -2.06. The van der Waals surface area contributed by atoms with Gasteiger partial charge in [-0.3, -0.25) is 9.78 Å². The second-order valence-electron chi connectivity index (χ2n) is 4.55. The van der Waals surface area contributed by atoms with E-state index in [1.54, 1.807) is 0 Å². The average Bonchev–Trinajstić information content (AvgIpc) is 3.15. The molecule has 4 nitrogen and oxygen atoms in total. The Morgan fingerprint density at radius 2 is 2.24 bits per heavy atom. The molecule has 0 atom stereocenters. The molecule has 17 heavy (non-hydrogen) atoms. The Morgan fingerprint density at radius 1 is 1.41 bits per heavy atom. The van der Waals surface area contributed by atoms with E-state index < -0.39 is 0 Å². The van der Waals surface area contributed by atoms with Gasteiger partial charge in [-0.25, -0.2) is 0 Å². The highest BCUT2D eigenvalue weighted by atomic mass is 16.2. The third-order valence-corrected chi connectivity index (χ3v) is 2.85. The summed E-state index contributed by atoms with van der Waals surface area (Å²) < 4.78 is 0. The predicted molar refractivity (Wildman–Crippen MR) is 66.4 cm³/mol. The van der Waals surface area contributed by atoms with Gasteiger partial charge in [0.1, 0.15) is 0 Å². The highest BCUT2D eigenvalue weighted by molar-refractivity contribution is 5.80. The first kappa shape index (κ1) is 12.0. The van der Waals surface area contributed by atoms with E-state index in [0.717, 1.165) is 31.6 Å². The second kappa shape index (κ2) is 5.77. The molecular formula is C13H19N3O. The lowest BCUT2D eigenvalue weighted by atomic mass is 10.2. The maximum absolute atomic E-state index is 11.3. The van der Waals surface area contributed by atoms with Crippen molar-refractivity contribution >= 4 is 5.91 Å². The molecule has 2 N–H and O–H groups in total. The molecule has 0 bridgehead atoms. The van der Waals surface area contributed by atoms with Crippen molar-refractivity contribution in [2.75, 3.05) is 13.1 Å². The topological polar surface area (TPSA) is 54.0 Å². The van der Waals surface area contributed by atoms with Crippen LogP contribution in [0.2, 0.25) is 0 Å². The maximum Gasteiger partial charge on any atom is 0.223 e. The van der Waals surface area contributed by atoms with Gasteiger partial charge in [-0.15, -0.1) is 0 Å². The zero-order valence-electron chi connectivity index (χ0n) is 10.2. The SMILES string of the molecule is Cc1ccc(CNCCNC(=O)C2CC2)cn1. The molecule has 1 aliphatic carbocycles. The van der Waals surface area contributed by atoms with Gasteiger partial charge in [-0.1, -0.05) is 6.07 Å². The summed E-state index contributed by atoms with van der Waals surface area (Å²) in [6.07, 6.45) is 4.01. The van der Waals surface area contributed by atoms with Crippen LogP contribution in [0.3, 0.4) is 0 Å². The normalized spacial score (nSPS) is 14.6. The van der Waals surface area contributed by atoms with Crippen molar-refractivity contribution in [3.05, 3.63) is 29.6 Å². The number of nitrogens with zero attached hydrogens (tertiary/aromatic N) is 1. The van der Waals surface area contributed by atoms with Crippen LogP contribution >= 0.6 is 0 Å². The van der Waals surface area contributed by atoms with Crippen molar-refractivity contribution < 1.29 is 4.79 Å². The molecule has 92 valence electrons. The minimum atomic E-state index is 0.212. The molecule has 1 fully saturated rings. The number of nitrogens with one attached hydrogen (secondary N) is 2. The molecule has 0 aromatic carbocycles. The Balaban J connectivity index is 1.56. The molecule has 0 saturated heterocycles. The predicted octanol–water partition coefficient (Wildman–Crippen LogP) is 1.01. The van der Waals surface area contributed by atoms with Gasteiger partial charge in [0, 0.05) is 37.4 Å². The van der Waals surface area contributed by atoms with E-state index in [4.69, 9.17) is 0 Å². The molecule has 1 aromatic heterocycles. The minimum Gasteiger partial charge on any atom is -0.355 e. The zero-order chi connectivity index (χ0) is 12.1. The highest BCUT2D eigenvalue weighted by Gasteiger charge is 2.28. The molecule has 2 rings (SSSR count). The van der Waals surface area contributed by atoms with E-state index in [0.29, 0.717) is 12.5 Å². The number of hydrogen-bond acceptors (Lipinski definition) is 3. The summed E-state index contributed by atoms with van der Waals surface area (Å²) in [5.74, 6) is 0.514. The first-order valence-corrected chi connectivity index (χ1v) is 6.15. The van der Waals surface area contributed by atoms with Crippen LogP contribution in [-0.4, -0.2) is 24.0 Å². The molecule has 0 spiro atoms. The molecule has 1 amide bonds. The van der Waals surface area contributed by atoms with E-state index >= 15 is 0 Å². The van der Waals surface area contributed by atoms with Gasteiger partial charge in [0.05, 0.1) is 0 Å². The van der Waals surface area contributed by atoms with Crippen LogP contribution in [0.15, 0.2) is 18.3 Å². The molecule has 1 aliphatic rings. The van der Waals surface area contributed by atoms with E-state index in [9.17, 15) is 4.79 Å². The van der Waals surface area contributed by atoms with Crippen molar-refractivity contribution in [1.29, 1.82) is 0 Å². The third-order valence-electron chi connectivity index (χ3n) is 2.85. The number of amides is 1. The lowest BCUT2D eigenvalue weighted by molar-refractivity contribution is -0.122. The molecule has 0 radical (unpaired) electrons. The van der Waals surface area contributed by atoms with Gasteiger partial charge >= 0.3 is 0 Å². The summed E-state index contributed by atoms with van der Waals surface area (Å²) in [5.41, 5.74) is 2.20. The van der Waals surface area contributed by atoms with Crippen LogP contribution in [0.25, 0.3) is 0 Å². The second-order valence-corrected chi connectivity index (χ2v) is 4.55.